The average molecular weight is 281 g/mol. The SMILES string of the molecule is N#CCc1ccc(NS(=O)(=O)N2CCOCC2)cc1. The van der Waals surface area contributed by atoms with E-state index in [2.05, 4.69) is 4.72 Å². The Kier molecular flexibility index (Phi) is 4.37. The molecule has 1 heterocycles. The molecule has 1 fully saturated rings. The molecule has 0 bridgehead atoms. The summed E-state index contributed by atoms with van der Waals surface area (Å²) in [6.45, 7) is 1.56. The highest BCUT2D eigenvalue weighted by molar-refractivity contribution is 7.90. The first-order valence-electron chi connectivity index (χ1n) is 5.93. The van der Waals surface area contributed by atoms with Crippen LogP contribution in [0.5, 0.6) is 0 Å². The van der Waals surface area contributed by atoms with Crippen LogP contribution in [-0.4, -0.2) is 39.0 Å². The largest absolute Gasteiger partial charge is 0.379 e. The first-order chi connectivity index (χ1) is 9.12. The van der Waals surface area contributed by atoms with Gasteiger partial charge in [-0.05, 0) is 17.7 Å². The van der Waals surface area contributed by atoms with Gasteiger partial charge >= 0.3 is 10.2 Å². The van der Waals surface area contributed by atoms with Crippen LogP contribution < -0.4 is 4.72 Å². The highest BCUT2D eigenvalue weighted by atomic mass is 32.2. The van der Waals surface area contributed by atoms with Gasteiger partial charge in [0, 0.05) is 18.8 Å². The fraction of sp³-hybridized carbons (Fsp3) is 0.417. The fourth-order valence-electron chi connectivity index (χ4n) is 1.78. The Bertz CT molecular complexity index is 557. The van der Waals surface area contributed by atoms with E-state index < -0.39 is 10.2 Å². The van der Waals surface area contributed by atoms with Crippen LogP contribution in [0.15, 0.2) is 24.3 Å². The summed E-state index contributed by atoms with van der Waals surface area (Å²) in [6.07, 6.45) is 0.316. The normalized spacial score (nSPS) is 16.8. The van der Waals surface area contributed by atoms with Crippen LogP contribution in [0.2, 0.25) is 0 Å². The van der Waals surface area contributed by atoms with E-state index in [0.717, 1.165) is 5.56 Å². The Balaban J connectivity index is 2.05. The van der Waals surface area contributed by atoms with Crippen molar-refractivity contribution in [3.63, 3.8) is 0 Å². The number of nitrogens with zero attached hydrogens (tertiary/aromatic N) is 2. The van der Waals surface area contributed by atoms with Crippen molar-refractivity contribution < 1.29 is 13.2 Å². The monoisotopic (exact) mass is 281 g/mol. The second kappa shape index (κ2) is 6.02. The summed E-state index contributed by atoms with van der Waals surface area (Å²) < 4.78 is 33.1. The second-order valence-electron chi connectivity index (χ2n) is 4.15. The molecular formula is C12H15N3O3S. The van der Waals surface area contributed by atoms with Gasteiger partial charge in [-0.15, -0.1) is 0 Å². The summed E-state index contributed by atoms with van der Waals surface area (Å²) >= 11 is 0. The lowest BCUT2D eigenvalue weighted by Crippen LogP contribution is -2.43. The number of rotatable bonds is 4. The topological polar surface area (TPSA) is 82.4 Å². The van der Waals surface area contributed by atoms with Crippen molar-refractivity contribution in [1.82, 2.24) is 4.31 Å². The summed E-state index contributed by atoms with van der Waals surface area (Å²) in [5.74, 6) is 0. The van der Waals surface area contributed by atoms with Crippen LogP contribution in [-0.2, 0) is 21.4 Å². The van der Waals surface area contributed by atoms with Gasteiger partial charge in [0.05, 0.1) is 25.7 Å². The van der Waals surface area contributed by atoms with E-state index in [1.807, 2.05) is 6.07 Å². The number of benzene rings is 1. The zero-order valence-electron chi connectivity index (χ0n) is 10.4. The van der Waals surface area contributed by atoms with Crippen LogP contribution in [0.3, 0.4) is 0 Å². The van der Waals surface area contributed by atoms with E-state index in [-0.39, 0.29) is 0 Å². The zero-order chi connectivity index (χ0) is 13.7. The first kappa shape index (κ1) is 13.8. The highest BCUT2D eigenvalue weighted by Gasteiger charge is 2.23. The van der Waals surface area contributed by atoms with E-state index in [4.69, 9.17) is 10.00 Å². The summed E-state index contributed by atoms with van der Waals surface area (Å²) in [7, 11) is -3.52. The molecule has 0 unspecified atom stereocenters. The van der Waals surface area contributed by atoms with Crippen LogP contribution in [0.4, 0.5) is 5.69 Å². The molecular weight excluding hydrogens is 266 g/mol. The third kappa shape index (κ3) is 3.67. The number of anilines is 1. The minimum absolute atomic E-state index is 0.316. The van der Waals surface area contributed by atoms with Crippen LogP contribution in [0, 0.1) is 11.3 Å². The molecule has 19 heavy (non-hydrogen) atoms. The number of nitriles is 1. The molecule has 1 aliphatic heterocycles. The molecule has 1 aromatic carbocycles. The first-order valence-corrected chi connectivity index (χ1v) is 7.37. The van der Waals surface area contributed by atoms with Crippen molar-refractivity contribution in [2.24, 2.45) is 0 Å². The predicted octanol–water partition coefficient (Wildman–Crippen LogP) is 0.742. The molecule has 1 aliphatic rings. The number of nitrogens with one attached hydrogen (secondary N) is 1. The summed E-state index contributed by atoms with van der Waals surface area (Å²) in [5.41, 5.74) is 1.35. The molecule has 7 heteroatoms. The fourth-order valence-corrected chi connectivity index (χ4v) is 2.98. The van der Waals surface area contributed by atoms with Gasteiger partial charge in [0.15, 0.2) is 0 Å². The number of hydrogen-bond acceptors (Lipinski definition) is 4. The molecule has 0 amide bonds. The Labute approximate surface area is 112 Å². The standard InChI is InChI=1S/C12H15N3O3S/c13-6-5-11-1-3-12(4-2-11)14-19(16,17)15-7-9-18-10-8-15/h1-4,14H,5,7-10H2. The third-order valence-electron chi connectivity index (χ3n) is 2.79. The van der Waals surface area contributed by atoms with Gasteiger partial charge in [0.1, 0.15) is 0 Å². The second-order valence-corrected chi connectivity index (χ2v) is 5.82. The molecule has 0 aromatic heterocycles. The lowest BCUT2D eigenvalue weighted by atomic mass is 10.1. The number of morpholine rings is 1. The van der Waals surface area contributed by atoms with Crippen molar-refractivity contribution in [3.05, 3.63) is 29.8 Å². The molecule has 1 aromatic rings. The van der Waals surface area contributed by atoms with Crippen molar-refractivity contribution in [3.8, 4) is 6.07 Å². The number of hydrogen-bond donors (Lipinski definition) is 1. The average Bonchev–Trinajstić information content (AvgIpc) is 2.42. The Morgan fingerprint density at radius 1 is 1.26 bits per heavy atom. The molecule has 6 nitrogen and oxygen atoms in total. The van der Waals surface area contributed by atoms with Gasteiger partial charge < -0.3 is 4.74 Å². The molecule has 0 atom stereocenters. The van der Waals surface area contributed by atoms with Crippen LogP contribution >= 0.6 is 0 Å². The van der Waals surface area contributed by atoms with Crippen molar-refractivity contribution in [1.29, 1.82) is 5.26 Å². The smallest absolute Gasteiger partial charge is 0.301 e. The van der Waals surface area contributed by atoms with Crippen LogP contribution in [0.1, 0.15) is 5.56 Å². The quantitative estimate of drug-likeness (QED) is 0.882. The van der Waals surface area contributed by atoms with Gasteiger partial charge in [-0.2, -0.15) is 18.0 Å². The molecule has 0 aliphatic carbocycles. The summed E-state index contributed by atoms with van der Waals surface area (Å²) in [4.78, 5) is 0. The molecule has 0 spiro atoms. The van der Waals surface area contributed by atoms with Crippen molar-refractivity contribution in [2.75, 3.05) is 31.0 Å². The highest BCUT2D eigenvalue weighted by Crippen LogP contribution is 2.14. The predicted molar refractivity (Wildman–Crippen MR) is 70.7 cm³/mol. The zero-order valence-corrected chi connectivity index (χ0v) is 11.2. The van der Waals surface area contributed by atoms with Crippen molar-refractivity contribution in [2.45, 2.75) is 6.42 Å². The lowest BCUT2D eigenvalue weighted by molar-refractivity contribution is 0.0733. The van der Waals surface area contributed by atoms with Gasteiger partial charge in [0.2, 0.25) is 0 Å². The minimum atomic E-state index is -3.52. The molecule has 102 valence electrons. The van der Waals surface area contributed by atoms with E-state index in [1.165, 1.54) is 4.31 Å². The lowest BCUT2D eigenvalue weighted by Gasteiger charge is -2.26. The third-order valence-corrected chi connectivity index (χ3v) is 4.33. The summed E-state index contributed by atoms with van der Waals surface area (Å²) in [6, 6.07) is 8.83. The Morgan fingerprint density at radius 2 is 1.89 bits per heavy atom. The van der Waals surface area contributed by atoms with Crippen molar-refractivity contribution >= 4 is 15.9 Å². The Hall–Kier alpha value is -1.62. The van der Waals surface area contributed by atoms with Gasteiger partial charge in [-0.25, -0.2) is 0 Å². The van der Waals surface area contributed by atoms with E-state index in [0.29, 0.717) is 38.4 Å². The Morgan fingerprint density at radius 3 is 2.47 bits per heavy atom. The van der Waals surface area contributed by atoms with Gasteiger partial charge in [-0.3, -0.25) is 4.72 Å². The van der Waals surface area contributed by atoms with Gasteiger partial charge in [-0.1, -0.05) is 12.1 Å². The summed E-state index contributed by atoms with van der Waals surface area (Å²) in [5, 5.41) is 8.57. The van der Waals surface area contributed by atoms with Crippen LogP contribution in [0.25, 0.3) is 0 Å². The molecule has 2 rings (SSSR count). The number of ether oxygens (including phenoxy) is 1. The van der Waals surface area contributed by atoms with E-state index in [1.54, 1.807) is 24.3 Å². The van der Waals surface area contributed by atoms with E-state index in [9.17, 15) is 8.42 Å². The molecule has 1 saturated heterocycles. The molecule has 0 saturated carbocycles. The molecule has 0 radical (unpaired) electrons. The van der Waals surface area contributed by atoms with Gasteiger partial charge in [0.25, 0.3) is 0 Å². The maximum absolute atomic E-state index is 12.1. The van der Waals surface area contributed by atoms with E-state index >= 15 is 0 Å². The maximum atomic E-state index is 12.1. The minimum Gasteiger partial charge on any atom is -0.379 e. The maximum Gasteiger partial charge on any atom is 0.301 e. The molecule has 1 N–H and O–H groups in total.